The lowest BCUT2D eigenvalue weighted by Gasteiger charge is -2.17. The molecule has 0 atom stereocenters. The van der Waals surface area contributed by atoms with Crippen LogP contribution in [0.25, 0.3) is 0 Å². The predicted octanol–water partition coefficient (Wildman–Crippen LogP) is 4.06. The normalized spacial score (nSPS) is 11.2. The molecule has 1 aromatic carbocycles. The van der Waals surface area contributed by atoms with Crippen molar-refractivity contribution in [2.45, 2.75) is 3.98 Å². The van der Waals surface area contributed by atoms with Crippen LogP contribution in [0.2, 0.25) is 5.02 Å². The molecule has 0 aliphatic heterocycles. The number of alkyl halides is 3. The third-order valence-electron chi connectivity index (χ3n) is 1.37. The number of hydrogen-bond donors (Lipinski definition) is 0. The van der Waals surface area contributed by atoms with Crippen LogP contribution in [0.15, 0.2) is 18.2 Å². The molecule has 78 valence electrons. The van der Waals surface area contributed by atoms with Gasteiger partial charge in [0, 0.05) is 0 Å². The molecular weight excluding hydrogens is 270 g/mol. The molecule has 0 unspecified atom stereocenters. The summed E-state index contributed by atoms with van der Waals surface area (Å²) in [6, 6.07) is 4.96. The van der Waals surface area contributed by atoms with E-state index in [0.29, 0.717) is 10.8 Å². The Morgan fingerprint density at radius 3 is 2.36 bits per heavy atom. The van der Waals surface area contributed by atoms with Crippen molar-refractivity contribution >= 4 is 46.4 Å². The van der Waals surface area contributed by atoms with Gasteiger partial charge in [-0.15, -0.1) is 0 Å². The summed E-state index contributed by atoms with van der Waals surface area (Å²) in [5.41, 5.74) is 0. The Balaban J connectivity index is 3.05. The van der Waals surface area contributed by atoms with E-state index in [0.717, 1.165) is 0 Å². The molecular formula is C8H6Cl4O2. The van der Waals surface area contributed by atoms with Gasteiger partial charge in [-0.25, -0.2) is 0 Å². The number of rotatable bonds is 2. The Labute approximate surface area is 102 Å². The summed E-state index contributed by atoms with van der Waals surface area (Å²) in [5, 5.41) is 0.315. The molecule has 0 saturated heterocycles. The molecule has 0 spiro atoms. The van der Waals surface area contributed by atoms with Crippen molar-refractivity contribution in [3.63, 3.8) is 0 Å². The third-order valence-corrected chi connectivity index (χ3v) is 1.90. The molecule has 0 aliphatic carbocycles. The van der Waals surface area contributed by atoms with Crippen LogP contribution >= 0.6 is 46.4 Å². The largest absolute Gasteiger partial charge is 0.493 e. The summed E-state index contributed by atoms with van der Waals surface area (Å²) in [7, 11) is 1.47. The second-order valence-electron chi connectivity index (χ2n) is 2.32. The van der Waals surface area contributed by atoms with Gasteiger partial charge >= 0.3 is 3.98 Å². The summed E-state index contributed by atoms with van der Waals surface area (Å²) in [5.74, 6) is 0.612. The Morgan fingerprint density at radius 1 is 1.21 bits per heavy atom. The van der Waals surface area contributed by atoms with Gasteiger partial charge in [-0.2, -0.15) is 0 Å². The van der Waals surface area contributed by atoms with Gasteiger partial charge in [-0.1, -0.05) is 17.7 Å². The number of ether oxygens (including phenoxy) is 2. The topological polar surface area (TPSA) is 18.5 Å². The van der Waals surface area contributed by atoms with E-state index in [4.69, 9.17) is 55.9 Å². The van der Waals surface area contributed by atoms with Crippen molar-refractivity contribution in [1.29, 1.82) is 0 Å². The highest BCUT2D eigenvalue weighted by Gasteiger charge is 2.25. The van der Waals surface area contributed by atoms with Crippen LogP contribution in [0.3, 0.4) is 0 Å². The zero-order valence-corrected chi connectivity index (χ0v) is 10.1. The average molecular weight is 276 g/mol. The summed E-state index contributed by atoms with van der Waals surface area (Å²) in [6.45, 7) is 0. The molecule has 0 bridgehead atoms. The van der Waals surface area contributed by atoms with E-state index in [1.807, 2.05) is 0 Å². The predicted molar refractivity (Wildman–Crippen MR) is 58.9 cm³/mol. The zero-order chi connectivity index (χ0) is 10.8. The molecule has 0 aliphatic rings. The zero-order valence-electron chi connectivity index (χ0n) is 7.06. The Kier molecular flexibility index (Phi) is 4.02. The van der Waals surface area contributed by atoms with Gasteiger partial charge in [0.05, 0.1) is 12.1 Å². The molecule has 0 heterocycles. The SMILES string of the molecule is COc1cccc(Cl)c1OC(Cl)(Cl)Cl. The van der Waals surface area contributed by atoms with Crippen LogP contribution in [-0.4, -0.2) is 11.1 Å². The van der Waals surface area contributed by atoms with E-state index >= 15 is 0 Å². The molecule has 0 radical (unpaired) electrons. The highest BCUT2D eigenvalue weighted by atomic mass is 35.6. The smallest absolute Gasteiger partial charge is 0.338 e. The molecule has 1 rings (SSSR count). The lowest BCUT2D eigenvalue weighted by atomic mass is 10.3. The lowest BCUT2D eigenvalue weighted by Crippen LogP contribution is -2.13. The minimum atomic E-state index is -1.86. The van der Waals surface area contributed by atoms with Crippen LogP contribution in [-0.2, 0) is 0 Å². The van der Waals surface area contributed by atoms with Crippen molar-refractivity contribution in [2.75, 3.05) is 7.11 Å². The first-order chi connectivity index (χ1) is 6.44. The van der Waals surface area contributed by atoms with Crippen molar-refractivity contribution in [3.05, 3.63) is 23.2 Å². The van der Waals surface area contributed by atoms with Gasteiger partial charge in [0.2, 0.25) is 0 Å². The second kappa shape index (κ2) is 4.67. The molecule has 0 aromatic heterocycles. The average Bonchev–Trinajstić information content (AvgIpc) is 2.06. The van der Waals surface area contributed by atoms with Crippen molar-refractivity contribution < 1.29 is 9.47 Å². The number of methoxy groups -OCH3 is 1. The van der Waals surface area contributed by atoms with Gasteiger partial charge in [0.1, 0.15) is 0 Å². The first kappa shape index (κ1) is 12.1. The summed E-state index contributed by atoms with van der Waals surface area (Å²) in [6.07, 6.45) is 0. The summed E-state index contributed by atoms with van der Waals surface area (Å²) in [4.78, 5) is 0. The maximum atomic E-state index is 5.83. The van der Waals surface area contributed by atoms with E-state index in [1.54, 1.807) is 18.2 Å². The number of hydrogen-bond acceptors (Lipinski definition) is 2. The van der Waals surface area contributed by atoms with Crippen LogP contribution in [0, 0.1) is 0 Å². The summed E-state index contributed by atoms with van der Waals surface area (Å²) < 4.78 is 8.12. The highest BCUT2D eigenvalue weighted by molar-refractivity contribution is 6.66. The van der Waals surface area contributed by atoms with E-state index in [2.05, 4.69) is 0 Å². The number of halogens is 4. The van der Waals surface area contributed by atoms with E-state index in [-0.39, 0.29) is 5.75 Å². The number of para-hydroxylation sites is 1. The van der Waals surface area contributed by atoms with Crippen molar-refractivity contribution in [1.82, 2.24) is 0 Å². The van der Waals surface area contributed by atoms with Gasteiger partial charge in [-0.05, 0) is 46.9 Å². The van der Waals surface area contributed by atoms with Gasteiger partial charge < -0.3 is 9.47 Å². The number of benzene rings is 1. The monoisotopic (exact) mass is 274 g/mol. The molecule has 6 heteroatoms. The third kappa shape index (κ3) is 3.28. The maximum absolute atomic E-state index is 5.83. The quantitative estimate of drug-likeness (QED) is 0.758. The standard InChI is InChI=1S/C8H6Cl4O2/c1-13-6-4-2-3-5(9)7(6)14-8(10,11)12/h2-4H,1H3. The van der Waals surface area contributed by atoms with E-state index in [1.165, 1.54) is 7.11 Å². The molecule has 0 N–H and O–H groups in total. The molecule has 1 aromatic rings. The maximum Gasteiger partial charge on any atom is 0.338 e. The van der Waals surface area contributed by atoms with Gasteiger partial charge in [0.15, 0.2) is 11.5 Å². The Hall–Kier alpha value is -0.0200. The van der Waals surface area contributed by atoms with Crippen LogP contribution in [0.5, 0.6) is 11.5 Å². The van der Waals surface area contributed by atoms with Gasteiger partial charge in [-0.3, -0.25) is 0 Å². The lowest BCUT2D eigenvalue weighted by molar-refractivity contribution is 0.296. The fraction of sp³-hybridized carbons (Fsp3) is 0.250. The van der Waals surface area contributed by atoms with E-state index in [9.17, 15) is 0 Å². The van der Waals surface area contributed by atoms with Crippen molar-refractivity contribution in [3.8, 4) is 11.5 Å². The molecule has 0 amide bonds. The molecule has 14 heavy (non-hydrogen) atoms. The Morgan fingerprint density at radius 2 is 1.86 bits per heavy atom. The molecule has 0 fully saturated rings. The molecule has 2 nitrogen and oxygen atoms in total. The highest BCUT2D eigenvalue weighted by Crippen LogP contribution is 2.40. The van der Waals surface area contributed by atoms with Crippen LogP contribution in [0.4, 0.5) is 0 Å². The molecule has 0 saturated carbocycles. The Bertz CT molecular complexity index is 322. The van der Waals surface area contributed by atoms with Gasteiger partial charge in [0.25, 0.3) is 0 Å². The first-order valence-electron chi connectivity index (χ1n) is 3.52. The minimum Gasteiger partial charge on any atom is -0.493 e. The minimum absolute atomic E-state index is 0.205. The van der Waals surface area contributed by atoms with E-state index < -0.39 is 3.98 Å². The van der Waals surface area contributed by atoms with Crippen LogP contribution < -0.4 is 9.47 Å². The van der Waals surface area contributed by atoms with Crippen LogP contribution in [0.1, 0.15) is 0 Å². The van der Waals surface area contributed by atoms with Crippen molar-refractivity contribution in [2.24, 2.45) is 0 Å². The fourth-order valence-electron chi connectivity index (χ4n) is 0.865. The first-order valence-corrected chi connectivity index (χ1v) is 5.03. The summed E-state index contributed by atoms with van der Waals surface area (Å²) >= 11 is 22.2. The second-order valence-corrected chi connectivity index (χ2v) is 4.90. The fourth-order valence-corrected chi connectivity index (χ4v) is 1.30.